The van der Waals surface area contributed by atoms with Crippen LogP contribution in [0.4, 0.5) is 0 Å². The molecule has 0 aliphatic rings. The number of benzene rings is 1. The van der Waals surface area contributed by atoms with Crippen LogP contribution in [0.25, 0.3) is 0 Å². The molecule has 0 aliphatic carbocycles. The molecule has 0 bridgehead atoms. The Bertz CT molecular complexity index is 484. The van der Waals surface area contributed by atoms with Gasteiger partial charge in [-0.05, 0) is 52.6 Å². The number of unbranched alkanes of at least 4 members (excludes halogenated alkanes) is 1. The van der Waals surface area contributed by atoms with Gasteiger partial charge in [0.25, 0.3) is 0 Å². The molecule has 0 heterocycles. The molecular weight excluding hydrogens is 451 g/mol. The number of guanidine groups is 1. The third-order valence-corrected chi connectivity index (χ3v) is 4.40. The fraction of sp³-hybridized carbons (Fsp3) is 0.667. The summed E-state index contributed by atoms with van der Waals surface area (Å²) in [7, 11) is 2.19. The van der Waals surface area contributed by atoms with Crippen LogP contribution in [0, 0.1) is 0 Å². The molecule has 0 radical (unpaired) electrons. The minimum atomic E-state index is 0. The van der Waals surface area contributed by atoms with Crippen LogP contribution in [-0.4, -0.2) is 56.8 Å². The van der Waals surface area contributed by atoms with E-state index in [2.05, 4.69) is 71.8 Å². The molecule has 1 rings (SSSR count). The lowest BCUT2D eigenvalue weighted by Gasteiger charge is -2.25. The Morgan fingerprint density at radius 3 is 2.56 bits per heavy atom. The van der Waals surface area contributed by atoms with Gasteiger partial charge in [-0.3, -0.25) is 9.89 Å². The highest BCUT2D eigenvalue weighted by atomic mass is 127. The molecule has 2 N–H and O–H groups in total. The van der Waals surface area contributed by atoms with E-state index in [9.17, 15) is 0 Å². The molecule has 0 fully saturated rings. The summed E-state index contributed by atoms with van der Waals surface area (Å²) in [5.41, 5.74) is 1.36. The summed E-state index contributed by atoms with van der Waals surface area (Å²) in [5.74, 6) is 0.918. The Balaban J connectivity index is 0.00000676. The molecule has 1 atom stereocenters. The average molecular weight is 490 g/mol. The summed E-state index contributed by atoms with van der Waals surface area (Å²) >= 11 is 0. The predicted octanol–water partition coefficient (Wildman–Crippen LogP) is 3.89. The fourth-order valence-corrected chi connectivity index (χ4v) is 2.64. The normalized spacial score (nSPS) is 12.6. The SMILES string of the molecule is CCNC(=NCCCCOCC)NCCC(C)N(C)Cc1ccccc1.I. The van der Waals surface area contributed by atoms with E-state index in [0.29, 0.717) is 6.04 Å². The van der Waals surface area contributed by atoms with Crippen molar-refractivity contribution in [3.05, 3.63) is 35.9 Å². The highest BCUT2D eigenvalue weighted by molar-refractivity contribution is 14.0. The molecule has 156 valence electrons. The van der Waals surface area contributed by atoms with Crippen LogP contribution < -0.4 is 10.6 Å². The number of hydrogen-bond donors (Lipinski definition) is 2. The maximum Gasteiger partial charge on any atom is 0.191 e. The second-order valence-corrected chi connectivity index (χ2v) is 6.63. The number of aliphatic imine (C=N–C) groups is 1. The zero-order valence-corrected chi connectivity index (χ0v) is 19.9. The van der Waals surface area contributed by atoms with E-state index in [-0.39, 0.29) is 24.0 Å². The first-order valence-electron chi connectivity index (χ1n) is 10.0. The van der Waals surface area contributed by atoms with Crippen molar-refractivity contribution in [2.24, 2.45) is 4.99 Å². The molecule has 1 aromatic rings. The van der Waals surface area contributed by atoms with E-state index < -0.39 is 0 Å². The quantitative estimate of drug-likeness (QED) is 0.191. The summed E-state index contributed by atoms with van der Waals surface area (Å²) in [6.45, 7) is 11.7. The molecule has 0 aliphatic heterocycles. The minimum Gasteiger partial charge on any atom is -0.382 e. The van der Waals surface area contributed by atoms with Crippen LogP contribution in [0.5, 0.6) is 0 Å². The van der Waals surface area contributed by atoms with E-state index in [1.807, 2.05) is 6.92 Å². The van der Waals surface area contributed by atoms with Gasteiger partial charge in [-0.15, -0.1) is 24.0 Å². The van der Waals surface area contributed by atoms with Gasteiger partial charge in [0.1, 0.15) is 0 Å². The van der Waals surface area contributed by atoms with Crippen molar-refractivity contribution >= 4 is 29.9 Å². The van der Waals surface area contributed by atoms with Gasteiger partial charge in [-0.2, -0.15) is 0 Å². The summed E-state index contributed by atoms with van der Waals surface area (Å²) < 4.78 is 5.36. The molecule has 27 heavy (non-hydrogen) atoms. The van der Waals surface area contributed by atoms with Crippen molar-refractivity contribution in [2.75, 3.05) is 39.9 Å². The van der Waals surface area contributed by atoms with Gasteiger partial charge < -0.3 is 15.4 Å². The maximum absolute atomic E-state index is 5.36. The maximum atomic E-state index is 5.36. The number of nitrogens with one attached hydrogen (secondary N) is 2. The van der Waals surface area contributed by atoms with Crippen LogP contribution in [0.1, 0.15) is 45.6 Å². The Hall–Kier alpha value is -0.860. The number of halogens is 1. The lowest BCUT2D eigenvalue weighted by molar-refractivity contribution is 0.144. The topological polar surface area (TPSA) is 48.9 Å². The Kier molecular flexibility index (Phi) is 16.7. The van der Waals surface area contributed by atoms with E-state index in [4.69, 9.17) is 4.74 Å². The molecule has 0 saturated carbocycles. The Labute approximate surface area is 183 Å². The molecule has 0 amide bonds. The smallest absolute Gasteiger partial charge is 0.191 e. The van der Waals surface area contributed by atoms with Crippen molar-refractivity contribution in [3.8, 4) is 0 Å². The van der Waals surface area contributed by atoms with Crippen LogP contribution in [-0.2, 0) is 11.3 Å². The first-order valence-corrected chi connectivity index (χ1v) is 10.0. The zero-order valence-electron chi connectivity index (χ0n) is 17.5. The van der Waals surface area contributed by atoms with Crippen LogP contribution in [0.15, 0.2) is 35.3 Å². The average Bonchev–Trinajstić information content (AvgIpc) is 2.65. The first-order chi connectivity index (χ1) is 12.7. The standard InChI is InChI=1S/C21H38N4O.HI/c1-5-22-21(23-15-10-11-17-26-6-2)24-16-14-19(3)25(4)18-20-12-8-7-9-13-20;/h7-9,12-13,19H,5-6,10-11,14-18H2,1-4H3,(H2,22,23,24);1H. The highest BCUT2D eigenvalue weighted by Gasteiger charge is 2.09. The summed E-state index contributed by atoms with van der Waals surface area (Å²) in [6.07, 6.45) is 3.21. The van der Waals surface area contributed by atoms with Crippen LogP contribution in [0.2, 0.25) is 0 Å². The van der Waals surface area contributed by atoms with Gasteiger partial charge in [0.2, 0.25) is 0 Å². The van der Waals surface area contributed by atoms with Crippen molar-refractivity contribution in [2.45, 2.75) is 52.6 Å². The third-order valence-electron chi connectivity index (χ3n) is 4.40. The van der Waals surface area contributed by atoms with Gasteiger partial charge in [0, 0.05) is 45.4 Å². The van der Waals surface area contributed by atoms with Gasteiger partial charge in [-0.1, -0.05) is 30.3 Å². The monoisotopic (exact) mass is 490 g/mol. The predicted molar refractivity (Wildman–Crippen MR) is 127 cm³/mol. The molecule has 0 saturated heterocycles. The molecule has 0 aromatic heterocycles. The lowest BCUT2D eigenvalue weighted by Crippen LogP contribution is -2.40. The first kappa shape index (κ1) is 26.1. The van der Waals surface area contributed by atoms with Crippen molar-refractivity contribution in [1.82, 2.24) is 15.5 Å². The molecular formula is C21H39IN4O. The van der Waals surface area contributed by atoms with Crippen molar-refractivity contribution < 1.29 is 4.74 Å². The van der Waals surface area contributed by atoms with E-state index >= 15 is 0 Å². The second-order valence-electron chi connectivity index (χ2n) is 6.63. The minimum absolute atomic E-state index is 0. The third kappa shape index (κ3) is 13.0. The second kappa shape index (κ2) is 17.3. The largest absolute Gasteiger partial charge is 0.382 e. The fourth-order valence-electron chi connectivity index (χ4n) is 2.64. The number of hydrogen-bond acceptors (Lipinski definition) is 3. The van der Waals surface area contributed by atoms with Gasteiger partial charge in [0.05, 0.1) is 0 Å². The summed E-state index contributed by atoms with van der Waals surface area (Å²) in [6, 6.07) is 11.1. The number of ether oxygens (including phenoxy) is 1. The van der Waals surface area contributed by atoms with Gasteiger partial charge in [-0.25, -0.2) is 0 Å². The van der Waals surface area contributed by atoms with Crippen molar-refractivity contribution in [1.29, 1.82) is 0 Å². The van der Waals surface area contributed by atoms with Gasteiger partial charge in [0.15, 0.2) is 5.96 Å². The van der Waals surface area contributed by atoms with Crippen LogP contribution in [0.3, 0.4) is 0 Å². The van der Waals surface area contributed by atoms with Crippen LogP contribution >= 0.6 is 24.0 Å². The van der Waals surface area contributed by atoms with E-state index in [0.717, 1.165) is 64.6 Å². The highest BCUT2D eigenvalue weighted by Crippen LogP contribution is 2.07. The summed E-state index contributed by atoms with van der Waals surface area (Å²) in [4.78, 5) is 7.04. The lowest BCUT2D eigenvalue weighted by atomic mass is 10.1. The van der Waals surface area contributed by atoms with Gasteiger partial charge >= 0.3 is 0 Å². The van der Waals surface area contributed by atoms with Crippen molar-refractivity contribution in [3.63, 3.8) is 0 Å². The number of rotatable bonds is 13. The molecule has 0 spiro atoms. The van der Waals surface area contributed by atoms with E-state index in [1.165, 1.54) is 5.56 Å². The Morgan fingerprint density at radius 1 is 1.15 bits per heavy atom. The molecule has 1 unspecified atom stereocenters. The summed E-state index contributed by atoms with van der Waals surface area (Å²) in [5, 5.41) is 6.77. The number of nitrogens with zero attached hydrogens (tertiary/aromatic N) is 2. The zero-order chi connectivity index (χ0) is 19.0. The molecule has 6 heteroatoms. The molecule has 5 nitrogen and oxygen atoms in total. The van der Waals surface area contributed by atoms with E-state index in [1.54, 1.807) is 0 Å². The Morgan fingerprint density at radius 2 is 1.89 bits per heavy atom. The molecule has 1 aromatic carbocycles.